The predicted octanol–water partition coefficient (Wildman–Crippen LogP) is 0.668. The highest BCUT2D eigenvalue weighted by molar-refractivity contribution is 9.10. The molecule has 0 spiro atoms. The van der Waals surface area contributed by atoms with Crippen LogP contribution in [0.3, 0.4) is 0 Å². The number of halogens is 1. The molecular formula is C21H22BrN3O6. The molecule has 1 aliphatic rings. The zero-order valence-corrected chi connectivity index (χ0v) is 18.1. The summed E-state index contributed by atoms with van der Waals surface area (Å²) in [7, 11) is 0. The van der Waals surface area contributed by atoms with E-state index in [-0.39, 0.29) is 5.56 Å². The van der Waals surface area contributed by atoms with Crippen LogP contribution in [0.1, 0.15) is 5.82 Å². The third-order valence-corrected chi connectivity index (χ3v) is 5.82. The van der Waals surface area contributed by atoms with E-state index >= 15 is 0 Å². The number of hydrogen-bond donors (Lipinski definition) is 5. The van der Waals surface area contributed by atoms with Gasteiger partial charge in [0.15, 0.2) is 6.23 Å². The SMILES string of the molecule is Cc1nc2ccc(Br)cc2c(=O)n1-c1ccc(N[C@@H]2O[C@@H](CO)[C@@H](O)[C@@H](O)[C@@H]2O)cc1. The molecule has 0 bridgehead atoms. The average molecular weight is 492 g/mol. The normalized spacial score (nSPS) is 26.2. The number of hydrogen-bond acceptors (Lipinski definition) is 8. The van der Waals surface area contributed by atoms with Gasteiger partial charge in [-0.2, -0.15) is 0 Å². The molecule has 10 heteroatoms. The van der Waals surface area contributed by atoms with Crippen molar-refractivity contribution in [2.24, 2.45) is 0 Å². The first kappa shape index (κ1) is 21.9. The van der Waals surface area contributed by atoms with Crippen molar-refractivity contribution in [2.75, 3.05) is 11.9 Å². The quantitative estimate of drug-likeness (QED) is 0.359. The highest BCUT2D eigenvalue weighted by atomic mass is 79.9. The van der Waals surface area contributed by atoms with Gasteiger partial charge in [-0.3, -0.25) is 9.36 Å². The van der Waals surface area contributed by atoms with Crippen molar-refractivity contribution in [3.63, 3.8) is 0 Å². The molecule has 1 aromatic heterocycles. The first-order valence-corrected chi connectivity index (χ1v) is 10.5. The van der Waals surface area contributed by atoms with Crippen LogP contribution in [0.15, 0.2) is 51.7 Å². The molecule has 4 rings (SSSR count). The molecule has 0 saturated carbocycles. The van der Waals surface area contributed by atoms with Crippen molar-refractivity contribution >= 4 is 32.5 Å². The van der Waals surface area contributed by atoms with Gasteiger partial charge in [0.1, 0.15) is 30.2 Å². The third-order valence-electron chi connectivity index (χ3n) is 5.32. The van der Waals surface area contributed by atoms with Gasteiger partial charge in [0.25, 0.3) is 5.56 Å². The summed E-state index contributed by atoms with van der Waals surface area (Å²) >= 11 is 3.38. The van der Waals surface area contributed by atoms with Crippen LogP contribution in [0.5, 0.6) is 0 Å². The van der Waals surface area contributed by atoms with Crippen LogP contribution < -0.4 is 10.9 Å². The Bertz CT molecular complexity index is 1150. The number of fused-ring (bicyclic) bond motifs is 1. The van der Waals surface area contributed by atoms with E-state index in [0.717, 1.165) is 4.47 Å². The first-order valence-electron chi connectivity index (χ1n) is 9.66. The summed E-state index contributed by atoms with van der Waals surface area (Å²) in [6.07, 6.45) is -6.32. The number of aryl methyl sites for hydroxylation is 1. The average Bonchev–Trinajstić information content (AvgIpc) is 2.76. The summed E-state index contributed by atoms with van der Waals surface area (Å²) < 4.78 is 7.75. The number of nitrogens with zero attached hydrogens (tertiary/aromatic N) is 2. The van der Waals surface area contributed by atoms with E-state index in [1.54, 1.807) is 43.3 Å². The molecule has 0 radical (unpaired) electrons. The second kappa shape index (κ2) is 8.65. The maximum absolute atomic E-state index is 13.0. The monoisotopic (exact) mass is 491 g/mol. The maximum atomic E-state index is 13.0. The number of rotatable bonds is 4. The van der Waals surface area contributed by atoms with Gasteiger partial charge in [-0.1, -0.05) is 15.9 Å². The van der Waals surface area contributed by atoms with Crippen molar-refractivity contribution in [1.82, 2.24) is 9.55 Å². The van der Waals surface area contributed by atoms with E-state index in [1.165, 1.54) is 4.57 Å². The van der Waals surface area contributed by atoms with Crippen LogP contribution in [0.4, 0.5) is 5.69 Å². The number of aliphatic hydroxyl groups is 4. The lowest BCUT2D eigenvalue weighted by atomic mass is 9.98. The van der Waals surface area contributed by atoms with E-state index in [1.807, 2.05) is 6.07 Å². The molecule has 2 heterocycles. The molecule has 1 aliphatic heterocycles. The lowest BCUT2D eigenvalue weighted by Gasteiger charge is -2.40. The molecule has 164 valence electrons. The van der Waals surface area contributed by atoms with Crippen LogP contribution in [0.2, 0.25) is 0 Å². The number of aromatic nitrogens is 2. The summed E-state index contributed by atoms with van der Waals surface area (Å²) in [4.78, 5) is 17.6. The smallest absolute Gasteiger partial charge is 0.265 e. The predicted molar refractivity (Wildman–Crippen MR) is 117 cm³/mol. The minimum absolute atomic E-state index is 0.196. The van der Waals surface area contributed by atoms with E-state index in [2.05, 4.69) is 26.2 Å². The molecule has 9 nitrogen and oxygen atoms in total. The Morgan fingerprint density at radius 2 is 1.81 bits per heavy atom. The zero-order chi connectivity index (χ0) is 22.3. The summed E-state index contributed by atoms with van der Waals surface area (Å²) in [5.74, 6) is 0.537. The van der Waals surface area contributed by atoms with Crippen molar-refractivity contribution in [3.05, 3.63) is 63.1 Å². The van der Waals surface area contributed by atoms with Crippen LogP contribution in [-0.4, -0.2) is 67.2 Å². The standard InChI is InChI=1S/C21H22BrN3O6/c1-10-23-15-7-2-11(22)8-14(15)21(30)25(10)13-5-3-12(4-6-13)24-20-19(29)18(28)17(27)16(9-26)31-20/h2-8,16-20,24,26-29H,9H2,1H3/t16-,17+,18+,19-,20+/m0/s1. The van der Waals surface area contributed by atoms with Gasteiger partial charge < -0.3 is 30.5 Å². The van der Waals surface area contributed by atoms with E-state index in [4.69, 9.17) is 4.74 Å². The van der Waals surface area contributed by atoms with Gasteiger partial charge in [0.05, 0.1) is 23.2 Å². The Morgan fingerprint density at radius 3 is 2.48 bits per heavy atom. The second-order valence-corrected chi connectivity index (χ2v) is 8.32. The fourth-order valence-corrected chi connectivity index (χ4v) is 4.03. The first-order chi connectivity index (χ1) is 14.8. The summed E-state index contributed by atoms with van der Waals surface area (Å²) in [5, 5.41) is 42.7. The fourth-order valence-electron chi connectivity index (χ4n) is 3.66. The molecule has 5 atom stereocenters. The molecule has 0 amide bonds. The summed E-state index contributed by atoms with van der Waals surface area (Å²) in [5.41, 5.74) is 1.58. The Hall–Kier alpha value is -2.34. The van der Waals surface area contributed by atoms with E-state index in [0.29, 0.717) is 28.1 Å². The molecule has 1 fully saturated rings. The highest BCUT2D eigenvalue weighted by Gasteiger charge is 2.43. The Morgan fingerprint density at radius 1 is 1.10 bits per heavy atom. The lowest BCUT2D eigenvalue weighted by Crippen LogP contribution is -2.60. The Labute approximate surface area is 185 Å². The third kappa shape index (κ3) is 4.10. The minimum atomic E-state index is -1.47. The van der Waals surface area contributed by atoms with Crippen LogP contribution in [0.25, 0.3) is 16.6 Å². The van der Waals surface area contributed by atoms with Crippen LogP contribution >= 0.6 is 15.9 Å². The Balaban J connectivity index is 1.61. The van der Waals surface area contributed by atoms with Crippen LogP contribution in [0, 0.1) is 6.92 Å². The summed E-state index contributed by atoms with van der Waals surface area (Å²) in [6, 6.07) is 12.2. The minimum Gasteiger partial charge on any atom is -0.394 e. The van der Waals surface area contributed by atoms with Gasteiger partial charge in [-0.25, -0.2) is 4.98 Å². The summed E-state index contributed by atoms with van der Waals surface area (Å²) in [6.45, 7) is 1.25. The van der Waals surface area contributed by atoms with Crippen molar-refractivity contribution in [1.29, 1.82) is 0 Å². The van der Waals surface area contributed by atoms with Crippen molar-refractivity contribution in [3.8, 4) is 5.69 Å². The second-order valence-electron chi connectivity index (χ2n) is 7.40. The van der Waals surface area contributed by atoms with Gasteiger partial charge >= 0.3 is 0 Å². The zero-order valence-electron chi connectivity index (χ0n) is 16.5. The van der Waals surface area contributed by atoms with Gasteiger partial charge in [-0.05, 0) is 49.4 Å². The number of ether oxygens (including phenoxy) is 1. The molecule has 31 heavy (non-hydrogen) atoms. The van der Waals surface area contributed by atoms with Crippen LogP contribution in [-0.2, 0) is 4.74 Å². The maximum Gasteiger partial charge on any atom is 0.265 e. The lowest BCUT2D eigenvalue weighted by molar-refractivity contribution is -0.221. The number of aliphatic hydroxyl groups excluding tert-OH is 4. The van der Waals surface area contributed by atoms with Crippen molar-refractivity contribution < 1.29 is 25.2 Å². The topological polar surface area (TPSA) is 137 Å². The van der Waals surface area contributed by atoms with Crippen molar-refractivity contribution in [2.45, 2.75) is 37.6 Å². The molecule has 3 aromatic rings. The largest absolute Gasteiger partial charge is 0.394 e. The fraction of sp³-hybridized carbons (Fsp3) is 0.333. The molecular weight excluding hydrogens is 470 g/mol. The number of anilines is 1. The van der Waals surface area contributed by atoms with Gasteiger partial charge in [-0.15, -0.1) is 0 Å². The van der Waals surface area contributed by atoms with Gasteiger partial charge in [0, 0.05) is 10.2 Å². The molecule has 1 saturated heterocycles. The molecule has 0 unspecified atom stereocenters. The molecule has 5 N–H and O–H groups in total. The molecule has 0 aliphatic carbocycles. The number of nitrogens with one attached hydrogen (secondary N) is 1. The highest BCUT2D eigenvalue weighted by Crippen LogP contribution is 2.24. The van der Waals surface area contributed by atoms with E-state index in [9.17, 15) is 25.2 Å². The Kier molecular flexibility index (Phi) is 6.11. The van der Waals surface area contributed by atoms with E-state index < -0.39 is 37.3 Å². The van der Waals surface area contributed by atoms with Gasteiger partial charge in [0.2, 0.25) is 0 Å². The number of benzene rings is 2. The molecule has 2 aromatic carbocycles.